The first-order valence-corrected chi connectivity index (χ1v) is 6.68. The summed E-state index contributed by atoms with van der Waals surface area (Å²) in [6.45, 7) is 5.35. The molecule has 94 valence electrons. The minimum Gasteiger partial charge on any atom is -0.496 e. The second-order valence-electron chi connectivity index (χ2n) is 4.86. The molecule has 17 heavy (non-hydrogen) atoms. The van der Waals surface area contributed by atoms with Crippen molar-refractivity contribution in [2.45, 2.75) is 19.9 Å². The molecule has 0 bridgehead atoms. The Kier molecular flexibility index (Phi) is 4.30. The number of hydrogen-bond acceptors (Lipinski definition) is 2. The first-order chi connectivity index (χ1) is 8.22. The fourth-order valence-corrected chi connectivity index (χ4v) is 2.71. The smallest absolute Gasteiger partial charge is 0.123 e. The molecule has 1 saturated heterocycles. The molecule has 1 atom stereocenters. The molecular weight excluding hydrogens is 234 g/mol. The van der Waals surface area contributed by atoms with Gasteiger partial charge in [0.25, 0.3) is 0 Å². The highest BCUT2D eigenvalue weighted by Crippen LogP contribution is 2.25. The number of benzene rings is 1. The van der Waals surface area contributed by atoms with Crippen LogP contribution in [0.15, 0.2) is 18.2 Å². The van der Waals surface area contributed by atoms with E-state index in [4.69, 9.17) is 16.3 Å². The van der Waals surface area contributed by atoms with Crippen LogP contribution in [0.2, 0.25) is 0 Å². The van der Waals surface area contributed by atoms with Crippen LogP contribution >= 0.6 is 11.6 Å². The molecule has 1 aliphatic heterocycles. The van der Waals surface area contributed by atoms with E-state index in [0.717, 1.165) is 31.3 Å². The highest BCUT2D eigenvalue weighted by atomic mass is 35.5. The summed E-state index contributed by atoms with van der Waals surface area (Å²) >= 11 is 5.91. The maximum Gasteiger partial charge on any atom is 0.123 e. The van der Waals surface area contributed by atoms with Crippen molar-refractivity contribution in [1.29, 1.82) is 0 Å². The molecule has 1 heterocycles. The van der Waals surface area contributed by atoms with E-state index < -0.39 is 0 Å². The van der Waals surface area contributed by atoms with Gasteiger partial charge in [0.2, 0.25) is 0 Å². The molecule has 2 nitrogen and oxygen atoms in total. The summed E-state index contributed by atoms with van der Waals surface area (Å²) in [4.78, 5) is 2.46. The van der Waals surface area contributed by atoms with Crippen LogP contribution in [0.3, 0.4) is 0 Å². The maximum atomic E-state index is 5.91. The van der Waals surface area contributed by atoms with Crippen LogP contribution < -0.4 is 4.74 Å². The van der Waals surface area contributed by atoms with Crippen LogP contribution in [0.5, 0.6) is 5.75 Å². The second-order valence-corrected chi connectivity index (χ2v) is 5.17. The Morgan fingerprint density at radius 2 is 2.29 bits per heavy atom. The molecule has 1 aromatic carbocycles. The normalized spacial score (nSPS) is 20.8. The average Bonchev–Trinajstić information content (AvgIpc) is 2.77. The summed E-state index contributed by atoms with van der Waals surface area (Å²) in [7, 11) is 1.74. The summed E-state index contributed by atoms with van der Waals surface area (Å²) in [5.74, 6) is 2.43. The SMILES string of the molecule is COc1ccc(C)cc1CN1CCC(CCl)C1. The van der Waals surface area contributed by atoms with Crippen molar-refractivity contribution in [3.05, 3.63) is 29.3 Å². The molecule has 0 saturated carbocycles. The lowest BCUT2D eigenvalue weighted by molar-refractivity contribution is 0.312. The summed E-state index contributed by atoms with van der Waals surface area (Å²) in [5, 5.41) is 0. The number of nitrogens with zero attached hydrogens (tertiary/aromatic N) is 1. The van der Waals surface area contributed by atoms with Gasteiger partial charge < -0.3 is 4.74 Å². The lowest BCUT2D eigenvalue weighted by atomic mass is 10.1. The van der Waals surface area contributed by atoms with Crippen LogP contribution in [0.4, 0.5) is 0 Å². The lowest BCUT2D eigenvalue weighted by Gasteiger charge is -2.18. The lowest BCUT2D eigenvalue weighted by Crippen LogP contribution is -2.20. The largest absolute Gasteiger partial charge is 0.496 e. The summed E-state index contributed by atoms with van der Waals surface area (Å²) in [6.07, 6.45) is 1.22. The molecule has 0 N–H and O–H groups in total. The van der Waals surface area contributed by atoms with E-state index in [-0.39, 0.29) is 0 Å². The number of alkyl halides is 1. The van der Waals surface area contributed by atoms with E-state index in [2.05, 4.69) is 30.0 Å². The number of rotatable bonds is 4. The average molecular weight is 254 g/mol. The van der Waals surface area contributed by atoms with E-state index in [0.29, 0.717) is 5.92 Å². The van der Waals surface area contributed by atoms with E-state index in [1.165, 1.54) is 17.5 Å². The van der Waals surface area contributed by atoms with Crippen molar-refractivity contribution in [1.82, 2.24) is 4.90 Å². The van der Waals surface area contributed by atoms with Crippen LogP contribution in [0, 0.1) is 12.8 Å². The standard InChI is InChI=1S/C14H20ClNO/c1-11-3-4-14(17-2)13(7-11)10-16-6-5-12(8-15)9-16/h3-4,7,12H,5-6,8-10H2,1-2H3. The van der Waals surface area contributed by atoms with Gasteiger partial charge in [0.1, 0.15) is 5.75 Å². The van der Waals surface area contributed by atoms with Gasteiger partial charge in [-0.3, -0.25) is 4.90 Å². The van der Waals surface area contributed by atoms with Gasteiger partial charge in [-0.25, -0.2) is 0 Å². The van der Waals surface area contributed by atoms with Crippen molar-refractivity contribution in [2.75, 3.05) is 26.1 Å². The van der Waals surface area contributed by atoms with Gasteiger partial charge in [0.05, 0.1) is 7.11 Å². The molecule has 0 aliphatic carbocycles. The zero-order valence-corrected chi connectivity index (χ0v) is 11.3. The topological polar surface area (TPSA) is 12.5 Å². The Hall–Kier alpha value is -0.730. The highest BCUT2D eigenvalue weighted by Gasteiger charge is 2.22. The Labute approximate surface area is 109 Å². The number of methoxy groups -OCH3 is 1. The third-order valence-corrected chi connectivity index (χ3v) is 3.85. The van der Waals surface area contributed by atoms with Gasteiger partial charge in [0.15, 0.2) is 0 Å². The molecule has 1 aliphatic rings. The number of aryl methyl sites for hydroxylation is 1. The van der Waals surface area contributed by atoms with Gasteiger partial charge in [-0.2, -0.15) is 0 Å². The first-order valence-electron chi connectivity index (χ1n) is 6.14. The van der Waals surface area contributed by atoms with Crippen molar-refractivity contribution >= 4 is 11.6 Å². The molecule has 0 amide bonds. The zero-order chi connectivity index (χ0) is 12.3. The van der Waals surface area contributed by atoms with Crippen LogP contribution in [-0.4, -0.2) is 31.0 Å². The minimum atomic E-state index is 0.660. The van der Waals surface area contributed by atoms with E-state index in [1.807, 2.05) is 0 Å². The van der Waals surface area contributed by atoms with Gasteiger partial charge in [0, 0.05) is 24.5 Å². The fraction of sp³-hybridized carbons (Fsp3) is 0.571. The number of halogens is 1. The maximum absolute atomic E-state index is 5.91. The van der Waals surface area contributed by atoms with Crippen molar-refractivity contribution in [2.24, 2.45) is 5.92 Å². The molecular formula is C14H20ClNO. The predicted molar refractivity (Wildman–Crippen MR) is 71.8 cm³/mol. The molecule has 1 fully saturated rings. The zero-order valence-electron chi connectivity index (χ0n) is 10.6. The number of hydrogen-bond donors (Lipinski definition) is 0. The number of likely N-dealkylation sites (tertiary alicyclic amines) is 1. The fourth-order valence-electron chi connectivity index (χ4n) is 2.45. The van der Waals surface area contributed by atoms with Gasteiger partial charge in [-0.1, -0.05) is 17.7 Å². The third-order valence-electron chi connectivity index (χ3n) is 3.42. The quantitative estimate of drug-likeness (QED) is 0.765. The molecule has 0 radical (unpaired) electrons. The molecule has 0 aromatic heterocycles. The minimum absolute atomic E-state index is 0.660. The summed E-state index contributed by atoms with van der Waals surface area (Å²) in [6, 6.07) is 6.36. The molecule has 1 aromatic rings. The molecule has 1 unspecified atom stereocenters. The first kappa shape index (κ1) is 12.7. The monoisotopic (exact) mass is 253 g/mol. The predicted octanol–water partition coefficient (Wildman–Crippen LogP) is 3.06. The van der Waals surface area contributed by atoms with Gasteiger partial charge >= 0.3 is 0 Å². The highest BCUT2D eigenvalue weighted by molar-refractivity contribution is 6.18. The van der Waals surface area contributed by atoms with Crippen molar-refractivity contribution in [3.63, 3.8) is 0 Å². The van der Waals surface area contributed by atoms with Crippen LogP contribution in [-0.2, 0) is 6.54 Å². The third kappa shape index (κ3) is 3.14. The molecule has 3 heteroatoms. The summed E-state index contributed by atoms with van der Waals surface area (Å²) < 4.78 is 5.41. The van der Waals surface area contributed by atoms with Crippen molar-refractivity contribution in [3.8, 4) is 5.75 Å². The van der Waals surface area contributed by atoms with Gasteiger partial charge in [-0.15, -0.1) is 11.6 Å². The molecule has 2 rings (SSSR count). The molecule has 0 spiro atoms. The van der Waals surface area contributed by atoms with Crippen molar-refractivity contribution < 1.29 is 4.74 Å². The second kappa shape index (κ2) is 5.74. The van der Waals surface area contributed by atoms with Crippen LogP contribution in [0.1, 0.15) is 17.5 Å². The van der Waals surface area contributed by atoms with E-state index in [1.54, 1.807) is 7.11 Å². The Balaban J connectivity index is 2.05. The Bertz CT molecular complexity index is 380. The number of ether oxygens (including phenoxy) is 1. The van der Waals surface area contributed by atoms with Crippen LogP contribution in [0.25, 0.3) is 0 Å². The van der Waals surface area contributed by atoms with E-state index >= 15 is 0 Å². The van der Waals surface area contributed by atoms with Gasteiger partial charge in [-0.05, 0) is 31.9 Å². The Morgan fingerprint density at radius 1 is 1.47 bits per heavy atom. The Morgan fingerprint density at radius 3 is 2.94 bits per heavy atom. The summed E-state index contributed by atoms with van der Waals surface area (Å²) in [5.41, 5.74) is 2.57. The van der Waals surface area contributed by atoms with E-state index in [9.17, 15) is 0 Å².